The van der Waals surface area contributed by atoms with Crippen molar-refractivity contribution in [3.63, 3.8) is 0 Å². The summed E-state index contributed by atoms with van der Waals surface area (Å²) >= 11 is 0. The van der Waals surface area contributed by atoms with Crippen LogP contribution in [0.3, 0.4) is 0 Å². The van der Waals surface area contributed by atoms with Crippen LogP contribution in [0.15, 0.2) is 97.2 Å². The molecule has 1 aliphatic rings. The van der Waals surface area contributed by atoms with E-state index in [9.17, 15) is 25.2 Å². The summed E-state index contributed by atoms with van der Waals surface area (Å²) in [6.45, 7) is 4.32. The summed E-state index contributed by atoms with van der Waals surface area (Å²) in [6, 6.07) is 0. The van der Waals surface area contributed by atoms with E-state index in [1.54, 1.807) is 0 Å². The Hall–Kier alpha value is -2.89. The van der Waals surface area contributed by atoms with Crippen molar-refractivity contribution >= 4 is 5.97 Å². The predicted molar refractivity (Wildman–Crippen MR) is 265 cm³/mol. The summed E-state index contributed by atoms with van der Waals surface area (Å²) in [4.78, 5) is 12.8. The SMILES string of the molecule is CC/C=C\C/C=C\C/C=C\C/C=C\C/C=C\C/C=C\CCCCCOCC(COC1OC(CO)C(O)C(O)C1O)OC(=O)CCCCCCCCCCC/C=C\C/C=C\CCCCC. The minimum absolute atomic E-state index is 0.114. The summed E-state index contributed by atoms with van der Waals surface area (Å²) in [5, 5.41) is 40.2. The minimum Gasteiger partial charge on any atom is -0.457 e. The van der Waals surface area contributed by atoms with Gasteiger partial charge in [-0.1, -0.05) is 175 Å². The van der Waals surface area contributed by atoms with Crippen LogP contribution in [-0.2, 0) is 23.7 Å². The second kappa shape index (κ2) is 45.3. The number of hydrogen-bond acceptors (Lipinski definition) is 9. The van der Waals surface area contributed by atoms with Crippen LogP contribution in [0.25, 0.3) is 0 Å². The topological polar surface area (TPSA) is 135 Å². The lowest BCUT2D eigenvalue weighted by Crippen LogP contribution is -2.59. The lowest BCUT2D eigenvalue weighted by Gasteiger charge is -2.39. The van der Waals surface area contributed by atoms with Crippen molar-refractivity contribution < 1.29 is 44.2 Å². The first kappa shape index (κ1) is 59.1. The van der Waals surface area contributed by atoms with E-state index in [1.165, 1.54) is 70.6 Å². The highest BCUT2D eigenvalue weighted by Crippen LogP contribution is 2.22. The first-order valence-corrected chi connectivity index (χ1v) is 25.3. The smallest absolute Gasteiger partial charge is 0.306 e. The largest absolute Gasteiger partial charge is 0.457 e. The molecule has 64 heavy (non-hydrogen) atoms. The monoisotopic (exact) mass is 897 g/mol. The molecule has 0 spiro atoms. The Morgan fingerprint density at radius 3 is 1.44 bits per heavy atom. The third-order valence-electron chi connectivity index (χ3n) is 11.0. The van der Waals surface area contributed by atoms with Gasteiger partial charge in [-0.15, -0.1) is 0 Å². The Bertz CT molecular complexity index is 1300. The summed E-state index contributed by atoms with van der Waals surface area (Å²) < 4.78 is 22.8. The van der Waals surface area contributed by atoms with Crippen LogP contribution in [-0.4, -0.2) is 89.6 Å². The molecule has 4 N–H and O–H groups in total. The van der Waals surface area contributed by atoms with Crippen molar-refractivity contribution in [1.82, 2.24) is 0 Å². The van der Waals surface area contributed by atoms with Gasteiger partial charge < -0.3 is 39.4 Å². The number of allylic oxidation sites excluding steroid dienone is 16. The van der Waals surface area contributed by atoms with E-state index in [2.05, 4.69) is 111 Å². The fourth-order valence-electron chi connectivity index (χ4n) is 7.05. The van der Waals surface area contributed by atoms with E-state index in [-0.39, 0.29) is 19.2 Å². The minimum atomic E-state index is -1.55. The van der Waals surface area contributed by atoms with Gasteiger partial charge in [-0.05, 0) is 96.3 Å². The van der Waals surface area contributed by atoms with E-state index >= 15 is 0 Å². The Morgan fingerprint density at radius 2 is 0.953 bits per heavy atom. The van der Waals surface area contributed by atoms with E-state index in [1.807, 2.05) is 0 Å². The maximum atomic E-state index is 12.8. The Labute approximate surface area is 390 Å². The van der Waals surface area contributed by atoms with Gasteiger partial charge in [-0.3, -0.25) is 4.79 Å². The highest BCUT2D eigenvalue weighted by atomic mass is 16.7. The number of hydrogen-bond donors (Lipinski definition) is 4. The van der Waals surface area contributed by atoms with Gasteiger partial charge in [-0.25, -0.2) is 0 Å². The highest BCUT2D eigenvalue weighted by Gasteiger charge is 2.44. The molecule has 1 heterocycles. The van der Waals surface area contributed by atoms with Crippen LogP contribution < -0.4 is 0 Å². The normalized spacial score (nSPS) is 20.4. The summed E-state index contributed by atoms with van der Waals surface area (Å²) in [6.07, 6.45) is 55.8. The quantitative estimate of drug-likeness (QED) is 0.0268. The average molecular weight is 897 g/mol. The average Bonchev–Trinajstić information content (AvgIpc) is 3.30. The molecule has 0 aromatic rings. The number of carbonyl (C=O) groups is 1. The zero-order valence-electron chi connectivity index (χ0n) is 40.2. The van der Waals surface area contributed by atoms with E-state index in [4.69, 9.17) is 18.9 Å². The summed E-state index contributed by atoms with van der Waals surface area (Å²) in [5.74, 6) is -0.334. The van der Waals surface area contributed by atoms with Gasteiger partial charge >= 0.3 is 5.97 Å². The molecule has 9 nitrogen and oxygen atoms in total. The fraction of sp³-hybridized carbons (Fsp3) is 0.691. The predicted octanol–water partition coefficient (Wildman–Crippen LogP) is 12.4. The van der Waals surface area contributed by atoms with Gasteiger partial charge in [0.1, 0.15) is 30.5 Å². The molecule has 0 bridgehead atoms. The van der Waals surface area contributed by atoms with Crippen molar-refractivity contribution in [1.29, 1.82) is 0 Å². The van der Waals surface area contributed by atoms with Crippen molar-refractivity contribution in [3.8, 4) is 0 Å². The molecular weight excluding hydrogens is 805 g/mol. The highest BCUT2D eigenvalue weighted by molar-refractivity contribution is 5.69. The summed E-state index contributed by atoms with van der Waals surface area (Å²) in [7, 11) is 0. The number of carbonyl (C=O) groups excluding carboxylic acids is 1. The molecule has 0 aliphatic carbocycles. The number of aliphatic hydroxyl groups is 4. The maximum absolute atomic E-state index is 12.8. The van der Waals surface area contributed by atoms with Crippen LogP contribution in [0, 0.1) is 0 Å². The third kappa shape index (κ3) is 35.4. The zero-order chi connectivity index (χ0) is 46.4. The number of unbranched alkanes of at least 4 members (excludes halogenated alkanes) is 15. The van der Waals surface area contributed by atoms with Gasteiger partial charge in [-0.2, -0.15) is 0 Å². The lowest BCUT2D eigenvalue weighted by atomic mass is 9.99. The van der Waals surface area contributed by atoms with Crippen LogP contribution in [0.5, 0.6) is 0 Å². The van der Waals surface area contributed by atoms with Crippen LogP contribution in [0.2, 0.25) is 0 Å². The molecule has 6 unspecified atom stereocenters. The molecule has 0 amide bonds. The van der Waals surface area contributed by atoms with E-state index in [0.717, 1.165) is 89.9 Å². The van der Waals surface area contributed by atoms with Crippen LogP contribution in [0.1, 0.15) is 181 Å². The number of rotatable bonds is 42. The molecule has 0 aromatic heterocycles. The van der Waals surface area contributed by atoms with Crippen LogP contribution in [0.4, 0.5) is 0 Å². The zero-order valence-corrected chi connectivity index (χ0v) is 40.2. The maximum Gasteiger partial charge on any atom is 0.306 e. The number of esters is 1. The molecule has 1 saturated heterocycles. The second-order valence-corrected chi connectivity index (χ2v) is 16.9. The van der Waals surface area contributed by atoms with Crippen molar-refractivity contribution in [3.05, 3.63) is 97.2 Å². The fourth-order valence-corrected chi connectivity index (χ4v) is 7.05. The first-order valence-electron chi connectivity index (χ1n) is 25.3. The Balaban J connectivity index is 2.27. The van der Waals surface area contributed by atoms with Gasteiger partial charge in [0.15, 0.2) is 6.29 Å². The van der Waals surface area contributed by atoms with Gasteiger partial charge in [0, 0.05) is 13.0 Å². The molecule has 1 fully saturated rings. The van der Waals surface area contributed by atoms with Crippen molar-refractivity contribution in [2.45, 2.75) is 218 Å². The summed E-state index contributed by atoms with van der Waals surface area (Å²) in [5.41, 5.74) is 0. The number of ether oxygens (including phenoxy) is 4. The third-order valence-corrected chi connectivity index (χ3v) is 11.0. The lowest BCUT2D eigenvalue weighted by molar-refractivity contribution is -0.305. The Kier molecular flexibility index (Phi) is 41.8. The standard InChI is InChI=1S/C55H92O9/c1-3-5-7-9-11-13-15-17-19-21-23-24-25-27-29-31-33-35-37-39-41-43-45-61-47-49(48-62-55-54(60)53(59)52(58)50(46-56)64-55)63-51(57)44-42-40-38-36-34-32-30-28-26-22-20-18-16-14-12-10-8-6-4-2/h5,7,11-14,17-20,23-24,27,29,33,35,49-50,52-56,58-60H,3-4,6,8-10,15-16,21-22,25-26,28,30-32,34,36-48H2,1-2H3/b7-5-,13-11-,14-12-,19-17-,20-18-,24-23-,29-27-,35-33-. The molecule has 6 atom stereocenters. The molecule has 366 valence electrons. The van der Waals surface area contributed by atoms with E-state index < -0.39 is 43.4 Å². The van der Waals surface area contributed by atoms with Gasteiger partial charge in [0.05, 0.1) is 19.8 Å². The molecule has 0 aromatic carbocycles. The molecule has 0 saturated carbocycles. The van der Waals surface area contributed by atoms with Crippen molar-refractivity contribution in [2.75, 3.05) is 26.4 Å². The molecule has 1 aliphatic heterocycles. The molecule has 0 radical (unpaired) electrons. The Morgan fingerprint density at radius 1 is 0.516 bits per heavy atom. The van der Waals surface area contributed by atoms with Gasteiger partial charge in [0.25, 0.3) is 0 Å². The molecule has 1 rings (SSSR count). The van der Waals surface area contributed by atoms with Crippen molar-refractivity contribution in [2.24, 2.45) is 0 Å². The second-order valence-electron chi connectivity index (χ2n) is 16.9. The molecule has 9 heteroatoms. The molecular formula is C55H92O9. The van der Waals surface area contributed by atoms with Gasteiger partial charge in [0.2, 0.25) is 0 Å². The van der Waals surface area contributed by atoms with Crippen LogP contribution >= 0.6 is 0 Å². The number of aliphatic hydroxyl groups excluding tert-OH is 4. The first-order chi connectivity index (χ1) is 31.4. The van der Waals surface area contributed by atoms with E-state index in [0.29, 0.717) is 13.0 Å².